The summed E-state index contributed by atoms with van der Waals surface area (Å²) in [5.41, 5.74) is 0. The summed E-state index contributed by atoms with van der Waals surface area (Å²) in [5, 5.41) is 6.89. The maximum absolute atomic E-state index is 8.36. The zero-order chi connectivity index (χ0) is 11.1. The molecule has 0 spiro atoms. The first-order valence-corrected chi connectivity index (χ1v) is 5.49. The second-order valence-electron chi connectivity index (χ2n) is 3.13. The first-order chi connectivity index (χ1) is 6.83. The lowest BCUT2D eigenvalue weighted by Gasteiger charge is -2.01. The average molecular weight is 204 g/mol. The fraction of sp³-hybridized carbons (Fsp3) is 0.909. The van der Waals surface area contributed by atoms with E-state index < -0.39 is 0 Å². The van der Waals surface area contributed by atoms with E-state index in [4.69, 9.17) is 14.6 Å². The topological polar surface area (TPSA) is 46.5 Å². The van der Waals surface area contributed by atoms with E-state index in [9.17, 15) is 0 Å². The minimum absolute atomic E-state index is 0.250. The predicted octanol–water partition coefficient (Wildman–Crippen LogP) is 3.08. The molecule has 0 bridgehead atoms. The third kappa shape index (κ3) is 22.5. The van der Waals surface area contributed by atoms with Gasteiger partial charge in [-0.1, -0.05) is 39.5 Å². The highest BCUT2D eigenvalue weighted by atomic mass is 16.5. The Bertz CT molecular complexity index is 86.5. The fourth-order valence-electron chi connectivity index (χ4n) is 1.01. The molecule has 0 atom stereocenters. The van der Waals surface area contributed by atoms with Gasteiger partial charge in [0.25, 0.3) is 6.47 Å². The van der Waals surface area contributed by atoms with Crippen LogP contribution in [0.3, 0.4) is 0 Å². The number of hydrogen-bond donors (Lipinski definition) is 1. The Labute approximate surface area is 87.5 Å². The molecular formula is C11H24O3. The van der Waals surface area contributed by atoms with Gasteiger partial charge in [-0.25, -0.2) is 0 Å². The molecule has 0 saturated carbocycles. The monoisotopic (exact) mass is 204 g/mol. The van der Waals surface area contributed by atoms with E-state index in [2.05, 4.69) is 13.8 Å². The van der Waals surface area contributed by atoms with Gasteiger partial charge in [-0.15, -0.1) is 0 Å². The second-order valence-corrected chi connectivity index (χ2v) is 3.13. The minimum Gasteiger partial charge on any atom is -0.483 e. The largest absolute Gasteiger partial charge is 0.483 e. The van der Waals surface area contributed by atoms with Crippen LogP contribution in [0, 0.1) is 0 Å². The van der Waals surface area contributed by atoms with Gasteiger partial charge in [0.2, 0.25) is 0 Å². The van der Waals surface area contributed by atoms with E-state index in [0.717, 1.165) is 13.2 Å². The highest BCUT2D eigenvalue weighted by Gasteiger charge is 1.88. The minimum atomic E-state index is -0.250. The normalized spacial score (nSPS) is 9.00. The molecule has 0 aliphatic carbocycles. The molecule has 0 aromatic heterocycles. The molecule has 3 heteroatoms. The number of ether oxygens (including phenoxy) is 1. The molecule has 0 heterocycles. The van der Waals surface area contributed by atoms with Crippen LogP contribution in [-0.4, -0.2) is 24.8 Å². The van der Waals surface area contributed by atoms with Gasteiger partial charge in [-0.3, -0.25) is 4.79 Å². The number of carboxylic acid groups (broad SMARTS) is 1. The average Bonchev–Trinajstić information content (AvgIpc) is 2.18. The van der Waals surface area contributed by atoms with E-state index in [1.54, 1.807) is 0 Å². The van der Waals surface area contributed by atoms with Gasteiger partial charge < -0.3 is 9.84 Å². The van der Waals surface area contributed by atoms with Crippen LogP contribution in [0.5, 0.6) is 0 Å². The molecule has 0 radical (unpaired) electrons. The van der Waals surface area contributed by atoms with Crippen molar-refractivity contribution in [2.75, 3.05) is 13.2 Å². The maximum atomic E-state index is 8.36. The molecular weight excluding hydrogens is 180 g/mol. The van der Waals surface area contributed by atoms with E-state index in [1.165, 1.54) is 38.5 Å². The zero-order valence-corrected chi connectivity index (χ0v) is 9.50. The first kappa shape index (κ1) is 15.9. The van der Waals surface area contributed by atoms with Crippen molar-refractivity contribution in [3.05, 3.63) is 0 Å². The van der Waals surface area contributed by atoms with Crippen molar-refractivity contribution in [2.24, 2.45) is 0 Å². The van der Waals surface area contributed by atoms with Crippen molar-refractivity contribution in [1.29, 1.82) is 0 Å². The lowest BCUT2D eigenvalue weighted by molar-refractivity contribution is -0.122. The van der Waals surface area contributed by atoms with Crippen molar-refractivity contribution in [3.8, 4) is 0 Å². The van der Waals surface area contributed by atoms with Crippen molar-refractivity contribution in [1.82, 2.24) is 0 Å². The van der Waals surface area contributed by atoms with Gasteiger partial charge in [-0.2, -0.15) is 0 Å². The van der Waals surface area contributed by atoms with Crippen molar-refractivity contribution in [2.45, 2.75) is 52.4 Å². The molecule has 0 fully saturated rings. The lowest BCUT2D eigenvalue weighted by atomic mass is 10.2. The maximum Gasteiger partial charge on any atom is 0.290 e. The third-order valence-corrected chi connectivity index (χ3v) is 1.78. The fourth-order valence-corrected chi connectivity index (χ4v) is 1.01. The summed E-state index contributed by atoms with van der Waals surface area (Å²) < 4.78 is 5.44. The van der Waals surface area contributed by atoms with Crippen LogP contribution >= 0.6 is 0 Å². The van der Waals surface area contributed by atoms with Crippen molar-refractivity contribution < 1.29 is 14.6 Å². The number of hydrogen-bond acceptors (Lipinski definition) is 2. The second kappa shape index (κ2) is 18.3. The van der Waals surface area contributed by atoms with Crippen molar-refractivity contribution >= 4 is 6.47 Å². The quantitative estimate of drug-likeness (QED) is 0.488. The molecule has 86 valence electrons. The summed E-state index contributed by atoms with van der Waals surface area (Å²) >= 11 is 0. The highest BCUT2D eigenvalue weighted by Crippen LogP contribution is 1.97. The Morgan fingerprint density at radius 2 is 1.36 bits per heavy atom. The van der Waals surface area contributed by atoms with Gasteiger partial charge in [0.15, 0.2) is 0 Å². The molecule has 0 rings (SSSR count). The Kier molecular flexibility index (Phi) is 20.7. The van der Waals surface area contributed by atoms with Gasteiger partial charge in [-0.05, 0) is 12.8 Å². The summed E-state index contributed by atoms with van der Waals surface area (Å²) in [4.78, 5) is 8.36. The summed E-state index contributed by atoms with van der Waals surface area (Å²) in [5.74, 6) is 0. The first-order valence-electron chi connectivity index (χ1n) is 5.49. The van der Waals surface area contributed by atoms with Crippen LogP contribution in [0.25, 0.3) is 0 Å². The third-order valence-electron chi connectivity index (χ3n) is 1.78. The Hall–Kier alpha value is -0.570. The van der Waals surface area contributed by atoms with Gasteiger partial charge in [0.1, 0.15) is 0 Å². The molecule has 0 aliphatic rings. The van der Waals surface area contributed by atoms with Crippen LogP contribution in [-0.2, 0) is 9.53 Å². The van der Waals surface area contributed by atoms with E-state index >= 15 is 0 Å². The molecule has 0 unspecified atom stereocenters. The molecule has 0 amide bonds. The summed E-state index contributed by atoms with van der Waals surface area (Å²) in [6.45, 7) is 6.13. The summed E-state index contributed by atoms with van der Waals surface area (Å²) in [6.07, 6.45) is 7.68. The van der Waals surface area contributed by atoms with Gasteiger partial charge in [0.05, 0.1) is 0 Å². The van der Waals surface area contributed by atoms with Crippen LogP contribution < -0.4 is 0 Å². The SMILES string of the molecule is CCCCCOCCCCC.O=CO. The van der Waals surface area contributed by atoms with Crippen LogP contribution in [0.4, 0.5) is 0 Å². The molecule has 0 saturated heterocycles. The summed E-state index contributed by atoms with van der Waals surface area (Å²) in [6, 6.07) is 0. The highest BCUT2D eigenvalue weighted by molar-refractivity contribution is 5.32. The van der Waals surface area contributed by atoms with E-state index in [0.29, 0.717) is 0 Å². The Morgan fingerprint density at radius 1 is 1.00 bits per heavy atom. The molecule has 0 aliphatic heterocycles. The van der Waals surface area contributed by atoms with E-state index in [-0.39, 0.29) is 6.47 Å². The van der Waals surface area contributed by atoms with Gasteiger partial charge in [0, 0.05) is 13.2 Å². The van der Waals surface area contributed by atoms with Crippen LogP contribution in [0.15, 0.2) is 0 Å². The molecule has 3 nitrogen and oxygen atoms in total. The predicted molar refractivity (Wildman–Crippen MR) is 58.6 cm³/mol. The zero-order valence-electron chi connectivity index (χ0n) is 9.50. The number of carbonyl (C=O) groups is 1. The standard InChI is InChI=1S/C10H22O.CH2O2/c1-3-5-7-9-11-10-8-6-4-2;2-1-3/h3-10H2,1-2H3;1H,(H,2,3). The summed E-state index contributed by atoms with van der Waals surface area (Å²) in [7, 11) is 0. The van der Waals surface area contributed by atoms with E-state index in [1.807, 2.05) is 0 Å². The number of rotatable bonds is 8. The van der Waals surface area contributed by atoms with Gasteiger partial charge >= 0.3 is 0 Å². The Balaban J connectivity index is 0. The molecule has 1 N–H and O–H groups in total. The van der Waals surface area contributed by atoms with Crippen LogP contribution in [0.1, 0.15) is 52.4 Å². The molecule has 0 aromatic carbocycles. The molecule has 0 aromatic rings. The van der Waals surface area contributed by atoms with Crippen molar-refractivity contribution in [3.63, 3.8) is 0 Å². The lowest BCUT2D eigenvalue weighted by Crippen LogP contribution is -1.96. The molecule has 14 heavy (non-hydrogen) atoms. The number of unbranched alkanes of at least 4 members (excludes halogenated alkanes) is 4. The smallest absolute Gasteiger partial charge is 0.290 e. The Morgan fingerprint density at radius 3 is 1.64 bits per heavy atom. The van der Waals surface area contributed by atoms with Crippen LogP contribution in [0.2, 0.25) is 0 Å².